The second-order valence-corrected chi connectivity index (χ2v) is 11.6. The summed E-state index contributed by atoms with van der Waals surface area (Å²) in [5.41, 5.74) is 4.93. The monoisotopic (exact) mass is 579 g/mol. The molecule has 1 heterocycles. The van der Waals surface area contributed by atoms with E-state index in [1.165, 1.54) is 0 Å². The number of nitrogens with zero attached hydrogens (tertiary/aromatic N) is 3. The minimum atomic E-state index is -0.112. The fourth-order valence-corrected chi connectivity index (χ4v) is 5.14. The van der Waals surface area contributed by atoms with Crippen LogP contribution >= 0.6 is 0 Å². The van der Waals surface area contributed by atoms with E-state index in [0.717, 1.165) is 41.0 Å². The van der Waals surface area contributed by atoms with Gasteiger partial charge in [-0.2, -0.15) is 0 Å². The summed E-state index contributed by atoms with van der Waals surface area (Å²) in [5, 5.41) is 0. The summed E-state index contributed by atoms with van der Waals surface area (Å²) in [6, 6.07) is 30.0. The fraction of sp³-hybridized carbons (Fsp3) is 0.351. The van der Waals surface area contributed by atoms with E-state index in [1.807, 2.05) is 77.8 Å². The van der Waals surface area contributed by atoms with E-state index in [2.05, 4.69) is 56.5 Å². The zero-order valence-electron chi connectivity index (χ0n) is 26.2. The van der Waals surface area contributed by atoms with Crippen LogP contribution in [0.3, 0.4) is 0 Å². The highest BCUT2D eigenvalue weighted by Gasteiger charge is 2.26. The quantitative estimate of drug-likeness (QED) is 0.155. The molecule has 0 aliphatic heterocycles. The van der Waals surface area contributed by atoms with E-state index in [1.54, 1.807) is 12.0 Å². The van der Waals surface area contributed by atoms with E-state index in [-0.39, 0.29) is 24.4 Å². The number of carbonyl (C=O) groups excluding carboxylic acids is 2. The molecule has 4 rings (SSSR count). The van der Waals surface area contributed by atoms with Crippen LogP contribution in [0.2, 0.25) is 0 Å². The molecule has 1 aromatic heterocycles. The van der Waals surface area contributed by atoms with Gasteiger partial charge in [0, 0.05) is 36.6 Å². The highest BCUT2D eigenvalue weighted by atomic mass is 16.5. The van der Waals surface area contributed by atoms with E-state index >= 15 is 0 Å². The largest absolute Gasteiger partial charge is 0.497 e. The lowest BCUT2D eigenvalue weighted by atomic mass is 10.0. The number of benzene rings is 3. The normalized spacial score (nSPS) is 11.8. The van der Waals surface area contributed by atoms with Gasteiger partial charge in [0.25, 0.3) is 5.91 Å². The van der Waals surface area contributed by atoms with Gasteiger partial charge in [-0.15, -0.1) is 0 Å². The first-order valence-corrected chi connectivity index (χ1v) is 15.3. The van der Waals surface area contributed by atoms with Crippen LogP contribution in [0.5, 0.6) is 5.75 Å². The van der Waals surface area contributed by atoms with Crippen molar-refractivity contribution in [2.75, 3.05) is 20.2 Å². The van der Waals surface area contributed by atoms with Crippen LogP contribution in [0.15, 0.2) is 97.2 Å². The van der Waals surface area contributed by atoms with Crippen molar-refractivity contribution in [1.82, 2.24) is 14.4 Å². The van der Waals surface area contributed by atoms with Crippen LogP contribution in [-0.4, -0.2) is 52.4 Å². The molecule has 6 nitrogen and oxygen atoms in total. The van der Waals surface area contributed by atoms with Gasteiger partial charge in [0.15, 0.2) is 0 Å². The van der Waals surface area contributed by atoms with Crippen molar-refractivity contribution in [3.63, 3.8) is 0 Å². The van der Waals surface area contributed by atoms with Crippen LogP contribution in [0.25, 0.3) is 11.1 Å². The van der Waals surface area contributed by atoms with Gasteiger partial charge in [-0.25, -0.2) is 0 Å². The van der Waals surface area contributed by atoms with E-state index in [4.69, 9.17) is 4.74 Å². The van der Waals surface area contributed by atoms with Gasteiger partial charge in [-0.1, -0.05) is 75.4 Å². The Morgan fingerprint density at radius 2 is 1.58 bits per heavy atom. The van der Waals surface area contributed by atoms with Crippen molar-refractivity contribution in [2.24, 2.45) is 5.92 Å². The van der Waals surface area contributed by atoms with Gasteiger partial charge < -0.3 is 19.1 Å². The van der Waals surface area contributed by atoms with Crippen molar-refractivity contribution >= 4 is 11.8 Å². The predicted molar refractivity (Wildman–Crippen MR) is 174 cm³/mol. The SMILES string of the molecule is CCC(C)N(Cc1cccn1Cc1cccc(OC)c1)C(=O)CN(CCC(C)C)C(=O)c1ccc(-c2ccccc2)cc1. The van der Waals surface area contributed by atoms with Crippen molar-refractivity contribution < 1.29 is 14.3 Å². The molecule has 0 bridgehead atoms. The molecule has 4 aromatic rings. The molecule has 0 aliphatic rings. The lowest BCUT2D eigenvalue weighted by molar-refractivity contribution is -0.134. The van der Waals surface area contributed by atoms with Crippen molar-refractivity contribution in [3.05, 3.63) is 114 Å². The summed E-state index contributed by atoms with van der Waals surface area (Å²) < 4.78 is 7.57. The first kappa shape index (κ1) is 31.6. The highest BCUT2D eigenvalue weighted by Crippen LogP contribution is 2.21. The molecular weight excluding hydrogens is 534 g/mol. The third-order valence-corrected chi connectivity index (χ3v) is 8.01. The first-order chi connectivity index (χ1) is 20.8. The van der Waals surface area contributed by atoms with Crippen LogP contribution in [0.1, 0.15) is 62.2 Å². The van der Waals surface area contributed by atoms with Gasteiger partial charge in [0.2, 0.25) is 5.91 Å². The maximum absolute atomic E-state index is 14.0. The van der Waals surface area contributed by atoms with Crippen molar-refractivity contribution in [2.45, 2.75) is 59.7 Å². The molecule has 226 valence electrons. The number of hydrogen-bond donors (Lipinski definition) is 0. The minimum Gasteiger partial charge on any atom is -0.497 e. The van der Waals surface area contributed by atoms with Gasteiger partial charge in [-0.05, 0) is 78.8 Å². The predicted octanol–water partition coefficient (Wildman–Crippen LogP) is 7.53. The second kappa shape index (κ2) is 15.2. The summed E-state index contributed by atoms with van der Waals surface area (Å²) in [5.74, 6) is 1.08. The molecule has 2 amide bonds. The summed E-state index contributed by atoms with van der Waals surface area (Å²) in [6.45, 7) is 10.2. The maximum atomic E-state index is 14.0. The molecule has 43 heavy (non-hydrogen) atoms. The summed E-state index contributed by atoms with van der Waals surface area (Å²) in [7, 11) is 1.67. The fourth-order valence-electron chi connectivity index (χ4n) is 5.14. The molecule has 0 radical (unpaired) electrons. The number of rotatable bonds is 14. The minimum absolute atomic E-state index is 0.0277. The van der Waals surface area contributed by atoms with E-state index in [9.17, 15) is 9.59 Å². The van der Waals surface area contributed by atoms with E-state index < -0.39 is 0 Å². The lowest BCUT2D eigenvalue weighted by Gasteiger charge is -2.32. The van der Waals surface area contributed by atoms with Gasteiger partial charge in [-0.3, -0.25) is 9.59 Å². The highest BCUT2D eigenvalue weighted by molar-refractivity contribution is 5.97. The van der Waals surface area contributed by atoms with E-state index in [0.29, 0.717) is 31.1 Å². The molecule has 6 heteroatoms. The summed E-state index contributed by atoms with van der Waals surface area (Å²) in [4.78, 5) is 31.4. The van der Waals surface area contributed by atoms with Crippen LogP contribution < -0.4 is 4.74 Å². The molecule has 0 fully saturated rings. The standard InChI is InChI=1S/C37H45N3O3/c1-6-29(4)40(26-34-15-11-22-38(34)25-30-12-10-16-35(24-30)43-5)36(41)27-39(23-21-28(2)3)37(42)33-19-17-32(18-20-33)31-13-8-7-9-14-31/h7-20,22,24,28-29H,6,21,23,25-27H2,1-5H3. The molecule has 1 atom stereocenters. The Morgan fingerprint density at radius 3 is 2.26 bits per heavy atom. The molecule has 0 aliphatic carbocycles. The Balaban J connectivity index is 1.52. The maximum Gasteiger partial charge on any atom is 0.254 e. The average molecular weight is 580 g/mol. The number of aromatic nitrogens is 1. The molecule has 0 spiro atoms. The molecule has 0 saturated carbocycles. The van der Waals surface area contributed by atoms with Gasteiger partial charge in [0.05, 0.1) is 13.7 Å². The third-order valence-electron chi connectivity index (χ3n) is 8.01. The number of carbonyl (C=O) groups is 2. The average Bonchev–Trinajstić information content (AvgIpc) is 3.47. The molecule has 0 saturated heterocycles. The van der Waals surface area contributed by atoms with Crippen LogP contribution in [0, 0.1) is 5.92 Å². The second-order valence-electron chi connectivity index (χ2n) is 11.6. The van der Waals surface area contributed by atoms with Gasteiger partial charge in [0.1, 0.15) is 12.3 Å². The molecular formula is C37H45N3O3. The van der Waals surface area contributed by atoms with Crippen molar-refractivity contribution in [3.8, 4) is 16.9 Å². The molecule has 1 unspecified atom stereocenters. The zero-order chi connectivity index (χ0) is 30.8. The Kier molecular flexibility index (Phi) is 11.2. The van der Waals surface area contributed by atoms with Crippen molar-refractivity contribution in [1.29, 1.82) is 0 Å². The smallest absolute Gasteiger partial charge is 0.254 e. The van der Waals surface area contributed by atoms with Crippen LogP contribution in [0.4, 0.5) is 0 Å². The Bertz CT molecular complexity index is 1460. The first-order valence-electron chi connectivity index (χ1n) is 15.3. The van der Waals surface area contributed by atoms with Crippen LogP contribution in [-0.2, 0) is 17.9 Å². The Labute approximate surface area is 256 Å². The summed E-state index contributed by atoms with van der Waals surface area (Å²) in [6.07, 6.45) is 3.70. The molecule has 3 aromatic carbocycles. The number of hydrogen-bond acceptors (Lipinski definition) is 3. The third kappa shape index (κ3) is 8.60. The lowest BCUT2D eigenvalue weighted by Crippen LogP contribution is -2.46. The number of amides is 2. The Morgan fingerprint density at radius 1 is 0.860 bits per heavy atom. The number of methoxy groups -OCH3 is 1. The van der Waals surface area contributed by atoms with Gasteiger partial charge >= 0.3 is 0 Å². The number of ether oxygens (including phenoxy) is 1. The topological polar surface area (TPSA) is 54.8 Å². The molecule has 0 N–H and O–H groups in total. The Hall–Kier alpha value is -4.32. The summed E-state index contributed by atoms with van der Waals surface area (Å²) >= 11 is 0. The zero-order valence-corrected chi connectivity index (χ0v) is 26.2.